The number of carbonyl (C=O) groups is 3. The van der Waals surface area contributed by atoms with Gasteiger partial charge in [-0.3, -0.25) is 14.4 Å². The Bertz CT molecular complexity index is 1110. The van der Waals surface area contributed by atoms with Gasteiger partial charge in [-0.1, -0.05) is 31.4 Å². The van der Waals surface area contributed by atoms with Crippen molar-refractivity contribution in [2.45, 2.75) is 50.7 Å². The van der Waals surface area contributed by atoms with E-state index in [-0.39, 0.29) is 30.8 Å². The maximum absolute atomic E-state index is 13.7. The van der Waals surface area contributed by atoms with Gasteiger partial charge in [0, 0.05) is 6.04 Å². The van der Waals surface area contributed by atoms with Crippen molar-refractivity contribution in [3.05, 3.63) is 84.0 Å². The van der Waals surface area contributed by atoms with E-state index in [2.05, 4.69) is 10.6 Å². The van der Waals surface area contributed by atoms with E-state index in [1.54, 1.807) is 18.2 Å². The van der Waals surface area contributed by atoms with Gasteiger partial charge in [0.05, 0.1) is 25.6 Å². The monoisotopic (exact) mass is 481 g/mol. The molecule has 1 saturated carbocycles. The summed E-state index contributed by atoms with van der Waals surface area (Å²) in [4.78, 5) is 40.6. The van der Waals surface area contributed by atoms with Crippen LogP contribution in [0, 0.1) is 5.82 Å². The lowest BCUT2D eigenvalue weighted by molar-refractivity contribution is -0.141. The van der Waals surface area contributed by atoms with E-state index >= 15 is 0 Å². The second-order valence-corrected chi connectivity index (χ2v) is 8.56. The molecule has 1 atom stereocenters. The number of hydrogen-bond donors (Lipinski definition) is 2. The average Bonchev–Trinajstić information content (AvgIpc) is 3.58. The van der Waals surface area contributed by atoms with Gasteiger partial charge >= 0.3 is 0 Å². The summed E-state index contributed by atoms with van der Waals surface area (Å²) in [6.07, 6.45) is 7.76. The number of rotatable bonds is 9. The second kappa shape index (κ2) is 11.5. The third-order valence-corrected chi connectivity index (χ3v) is 6.07. The van der Waals surface area contributed by atoms with Crippen molar-refractivity contribution in [3.8, 4) is 0 Å². The predicted molar refractivity (Wildman–Crippen MR) is 124 cm³/mol. The molecule has 4 rings (SSSR count). The van der Waals surface area contributed by atoms with Crippen LogP contribution in [0.5, 0.6) is 0 Å². The molecule has 2 heterocycles. The van der Waals surface area contributed by atoms with Crippen molar-refractivity contribution in [2.24, 2.45) is 0 Å². The predicted octanol–water partition coefficient (Wildman–Crippen LogP) is 3.96. The molecule has 1 fully saturated rings. The van der Waals surface area contributed by atoms with Gasteiger partial charge in [-0.2, -0.15) is 0 Å². The van der Waals surface area contributed by atoms with Gasteiger partial charge < -0.3 is 24.4 Å². The van der Waals surface area contributed by atoms with Gasteiger partial charge in [0.2, 0.25) is 11.8 Å². The maximum Gasteiger partial charge on any atom is 0.287 e. The Balaban J connectivity index is 1.60. The van der Waals surface area contributed by atoms with Gasteiger partial charge in [-0.25, -0.2) is 4.39 Å². The number of nitrogens with zero attached hydrogens (tertiary/aromatic N) is 1. The van der Waals surface area contributed by atoms with Crippen molar-refractivity contribution >= 4 is 17.7 Å². The lowest BCUT2D eigenvalue weighted by Gasteiger charge is -2.33. The smallest absolute Gasteiger partial charge is 0.287 e. The number of hydrogen-bond acceptors (Lipinski definition) is 5. The molecular formula is C26H28FN3O5. The normalized spacial score (nSPS) is 14.8. The Hall–Kier alpha value is -3.88. The Morgan fingerprint density at radius 1 is 0.971 bits per heavy atom. The van der Waals surface area contributed by atoms with Gasteiger partial charge in [0.25, 0.3) is 5.91 Å². The topological polar surface area (TPSA) is 105 Å². The number of nitrogens with one attached hydrogen (secondary N) is 2. The Labute approximate surface area is 202 Å². The molecule has 35 heavy (non-hydrogen) atoms. The minimum absolute atomic E-state index is 0.0113. The molecule has 0 unspecified atom stereocenters. The SMILES string of the molecule is O=C(NCC(=O)N(Cc1ccco1)[C@H](C(=O)NC1CCCCC1)c1ccc(F)cc1)c1ccco1. The van der Waals surface area contributed by atoms with E-state index in [4.69, 9.17) is 8.83 Å². The molecule has 1 aliphatic rings. The molecule has 1 aromatic carbocycles. The van der Waals surface area contributed by atoms with Gasteiger partial charge in [-0.15, -0.1) is 0 Å². The van der Waals surface area contributed by atoms with E-state index in [0.717, 1.165) is 32.1 Å². The third kappa shape index (κ3) is 6.38. The molecule has 3 amide bonds. The highest BCUT2D eigenvalue weighted by atomic mass is 19.1. The van der Waals surface area contributed by atoms with Crippen LogP contribution in [0.2, 0.25) is 0 Å². The van der Waals surface area contributed by atoms with E-state index in [9.17, 15) is 18.8 Å². The van der Waals surface area contributed by atoms with Gasteiger partial charge in [0.1, 0.15) is 17.6 Å². The molecule has 2 N–H and O–H groups in total. The number of furan rings is 2. The van der Waals surface area contributed by atoms with Gasteiger partial charge in [0.15, 0.2) is 5.76 Å². The molecule has 2 aromatic heterocycles. The van der Waals surface area contributed by atoms with Crippen molar-refractivity contribution in [1.82, 2.24) is 15.5 Å². The Morgan fingerprint density at radius 3 is 2.34 bits per heavy atom. The van der Waals surface area contributed by atoms with E-state index in [1.165, 1.54) is 47.8 Å². The molecule has 0 radical (unpaired) electrons. The molecule has 8 nitrogen and oxygen atoms in total. The van der Waals surface area contributed by atoms with E-state index < -0.39 is 23.7 Å². The average molecular weight is 482 g/mol. The largest absolute Gasteiger partial charge is 0.467 e. The summed E-state index contributed by atoms with van der Waals surface area (Å²) < 4.78 is 24.2. The first-order valence-corrected chi connectivity index (χ1v) is 11.7. The van der Waals surface area contributed by atoms with Crippen LogP contribution in [-0.2, 0) is 16.1 Å². The van der Waals surface area contributed by atoms with Crippen LogP contribution in [0.25, 0.3) is 0 Å². The minimum atomic E-state index is -1.05. The fourth-order valence-electron chi connectivity index (χ4n) is 4.29. The summed E-state index contributed by atoms with van der Waals surface area (Å²) >= 11 is 0. The summed E-state index contributed by atoms with van der Waals surface area (Å²) in [5, 5.41) is 5.61. The number of halogens is 1. The molecule has 1 aliphatic carbocycles. The lowest BCUT2D eigenvalue weighted by atomic mass is 9.94. The van der Waals surface area contributed by atoms with Crippen LogP contribution in [0.4, 0.5) is 4.39 Å². The third-order valence-electron chi connectivity index (χ3n) is 6.07. The molecule has 0 bridgehead atoms. The first kappa shape index (κ1) is 24.3. The van der Waals surface area contributed by atoms with Crippen LogP contribution in [0.1, 0.15) is 60.0 Å². The van der Waals surface area contributed by atoms with E-state index in [1.807, 2.05) is 0 Å². The van der Waals surface area contributed by atoms with Crippen LogP contribution >= 0.6 is 0 Å². The van der Waals surface area contributed by atoms with E-state index in [0.29, 0.717) is 11.3 Å². The number of amides is 3. The van der Waals surface area contributed by atoms with Crippen molar-refractivity contribution < 1.29 is 27.6 Å². The van der Waals surface area contributed by atoms with Crippen molar-refractivity contribution in [1.29, 1.82) is 0 Å². The van der Waals surface area contributed by atoms with Crippen LogP contribution in [0.15, 0.2) is 69.9 Å². The fourth-order valence-corrected chi connectivity index (χ4v) is 4.29. The zero-order chi connectivity index (χ0) is 24.6. The molecule has 184 valence electrons. The molecule has 0 aliphatic heterocycles. The zero-order valence-corrected chi connectivity index (χ0v) is 19.2. The molecule has 9 heteroatoms. The van der Waals surface area contributed by atoms with Crippen molar-refractivity contribution in [2.75, 3.05) is 6.54 Å². The summed E-state index contributed by atoms with van der Waals surface area (Å²) in [6, 6.07) is 10.9. The fraction of sp³-hybridized carbons (Fsp3) is 0.346. The quantitative estimate of drug-likeness (QED) is 0.481. The van der Waals surface area contributed by atoms with Crippen LogP contribution < -0.4 is 10.6 Å². The molecule has 0 spiro atoms. The summed E-state index contributed by atoms with van der Waals surface area (Å²) in [5.41, 5.74) is 0.456. The highest BCUT2D eigenvalue weighted by Crippen LogP contribution is 2.26. The zero-order valence-electron chi connectivity index (χ0n) is 19.2. The number of carbonyl (C=O) groups excluding carboxylic acids is 3. The van der Waals surface area contributed by atoms with Crippen LogP contribution in [-0.4, -0.2) is 35.2 Å². The van der Waals surface area contributed by atoms with Crippen molar-refractivity contribution in [3.63, 3.8) is 0 Å². The number of benzene rings is 1. The minimum Gasteiger partial charge on any atom is -0.467 e. The van der Waals surface area contributed by atoms with Crippen LogP contribution in [0.3, 0.4) is 0 Å². The molecule has 0 saturated heterocycles. The highest BCUT2D eigenvalue weighted by molar-refractivity contribution is 5.95. The summed E-state index contributed by atoms with van der Waals surface area (Å²) in [7, 11) is 0. The maximum atomic E-state index is 13.7. The summed E-state index contributed by atoms with van der Waals surface area (Å²) in [5.74, 6) is -1.33. The Kier molecular flexibility index (Phi) is 7.97. The Morgan fingerprint density at radius 2 is 1.69 bits per heavy atom. The highest BCUT2D eigenvalue weighted by Gasteiger charge is 2.33. The standard InChI is InChI=1S/C26H28FN3O5/c27-19-12-10-18(11-13-19)24(26(33)29-20-6-2-1-3-7-20)30(17-21-8-4-14-34-21)23(31)16-28-25(32)22-9-5-15-35-22/h4-5,8-15,20,24H,1-3,6-7,16-17H2,(H,28,32)(H,29,33)/t24-/m0/s1. The first-order valence-electron chi connectivity index (χ1n) is 11.7. The molecular weight excluding hydrogens is 453 g/mol. The second-order valence-electron chi connectivity index (χ2n) is 8.56. The van der Waals surface area contributed by atoms with Gasteiger partial charge in [-0.05, 0) is 54.8 Å². The lowest BCUT2D eigenvalue weighted by Crippen LogP contribution is -2.49. The molecule has 3 aromatic rings. The first-order chi connectivity index (χ1) is 17.0. The summed E-state index contributed by atoms with van der Waals surface area (Å²) in [6.45, 7) is -0.378.